The molecule has 2 rings (SSSR count). The Labute approximate surface area is 103 Å². The molecule has 88 valence electrons. The summed E-state index contributed by atoms with van der Waals surface area (Å²) in [5.74, 6) is 0. The minimum atomic E-state index is -0.101. The van der Waals surface area contributed by atoms with Gasteiger partial charge in [0.15, 0.2) is 5.43 Å². The average Bonchev–Trinajstić information content (AvgIpc) is 2.38. The van der Waals surface area contributed by atoms with Crippen molar-refractivity contribution in [2.75, 3.05) is 0 Å². The highest BCUT2D eigenvalue weighted by Gasteiger charge is 2.07. The van der Waals surface area contributed by atoms with Gasteiger partial charge in [0, 0.05) is 24.5 Å². The smallest absolute Gasteiger partial charge is 0.181 e. The van der Waals surface area contributed by atoms with Crippen LogP contribution in [0.4, 0.5) is 0 Å². The van der Waals surface area contributed by atoms with Gasteiger partial charge in [0.25, 0.3) is 0 Å². The summed E-state index contributed by atoms with van der Waals surface area (Å²) >= 11 is 0. The van der Waals surface area contributed by atoms with Crippen LogP contribution >= 0.6 is 0 Å². The number of benzene rings is 1. The molecule has 0 aliphatic carbocycles. The minimum Gasteiger partial charge on any atom is -0.412 e. The zero-order chi connectivity index (χ0) is 12.3. The van der Waals surface area contributed by atoms with Gasteiger partial charge in [-0.2, -0.15) is 10.5 Å². The lowest BCUT2D eigenvalue weighted by molar-refractivity contribution is 0.824. The van der Waals surface area contributed by atoms with Crippen molar-refractivity contribution in [3.63, 3.8) is 0 Å². The second-order valence-corrected chi connectivity index (χ2v) is 3.36. The molecule has 1 heterocycles. The number of aromatic nitrogens is 1. The molecule has 0 unspecified atom stereocenters. The fraction of sp³-hybridized carbons (Fsp3) is 0. The summed E-state index contributed by atoms with van der Waals surface area (Å²) in [6.45, 7) is 0. The van der Waals surface area contributed by atoms with Crippen LogP contribution in [0.25, 0.3) is 5.69 Å². The van der Waals surface area contributed by atoms with Crippen LogP contribution in [0.1, 0.15) is 11.1 Å². The average molecular weight is 239 g/mol. The predicted octanol–water partition coefficient (Wildman–Crippen LogP) is 0.756. The molecule has 18 heavy (non-hydrogen) atoms. The highest BCUT2D eigenvalue weighted by Crippen LogP contribution is 2.16. The van der Waals surface area contributed by atoms with Crippen molar-refractivity contribution in [1.29, 1.82) is 10.5 Å². The first-order valence-corrected chi connectivity index (χ1v) is 4.88. The molecule has 0 fully saturated rings. The molecule has 0 bridgehead atoms. The summed E-state index contributed by atoms with van der Waals surface area (Å²) in [7, 11) is 0. The van der Waals surface area contributed by atoms with E-state index in [4.69, 9.17) is 10.5 Å². The van der Waals surface area contributed by atoms with E-state index in [1.165, 1.54) is 12.1 Å². The van der Waals surface area contributed by atoms with Gasteiger partial charge in [-0.1, -0.05) is 6.07 Å². The molecular formula is C13H9N3O2. The third-order valence-corrected chi connectivity index (χ3v) is 2.35. The van der Waals surface area contributed by atoms with Crippen LogP contribution < -0.4 is 5.43 Å². The van der Waals surface area contributed by atoms with Crippen LogP contribution in [0.3, 0.4) is 0 Å². The van der Waals surface area contributed by atoms with Crippen LogP contribution in [0.5, 0.6) is 0 Å². The molecule has 0 saturated heterocycles. The summed E-state index contributed by atoms with van der Waals surface area (Å²) in [5, 5.41) is 18.0. The topological polar surface area (TPSA) is 101 Å². The second-order valence-electron chi connectivity index (χ2n) is 3.36. The molecule has 0 saturated carbocycles. The van der Waals surface area contributed by atoms with E-state index in [1.807, 2.05) is 12.1 Å². The molecule has 5 nitrogen and oxygen atoms in total. The lowest BCUT2D eigenvalue weighted by Crippen LogP contribution is -2.04. The van der Waals surface area contributed by atoms with Crippen molar-refractivity contribution < 1.29 is 5.48 Å². The number of nitriles is 2. The summed E-state index contributed by atoms with van der Waals surface area (Å²) in [5.41, 5.74) is 1.12. The SMILES string of the molecule is N#Cc1cccc(-n2ccc(=O)cc2)c1C#N.O. The van der Waals surface area contributed by atoms with Gasteiger partial charge in [-0.05, 0) is 12.1 Å². The summed E-state index contributed by atoms with van der Waals surface area (Å²) in [6, 6.07) is 11.8. The molecule has 2 N–H and O–H groups in total. The van der Waals surface area contributed by atoms with E-state index >= 15 is 0 Å². The Morgan fingerprint density at radius 3 is 2.22 bits per heavy atom. The number of pyridine rings is 1. The van der Waals surface area contributed by atoms with Crippen LogP contribution in [0.2, 0.25) is 0 Å². The quantitative estimate of drug-likeness (QED) is 0.733. The Morgan fingerprint density at radius 1 is 1.00 bits per heavy atom. The van der Waals surface area contributed by atoms with Gasteiger partial charge >= 0.3 is 0 Å². The van der Waals surface area contributed by atoms with E-state index in [0.29, 0.717) is 16.8 Å². The summed E-state index contributed by atoms with van der Waals surface area (Å²) in [6.07, 6.45) is 3.14. The monoisotopic (exact) mass is 239 g/mol. The van der Waals surface area contributed by atoms with Crippen LogP contribution in [-0.2, 0) is 0 Å². The van der Waals surface area contributed by atoms with Gasteiger partial charge < -0.3 is 10.0 Å². The highest BCUT2D eigenvalue weighted by molar-refractivity contribution is 5.57. The molecule has 0 aliphatic rings. The molecule has 0 radical (unpaired) electrons. The van der Waals surface area contributed by atoms with Gasteiger partial charge in [0.05, 0.1) is 16.8 Å². The van der Waals surface area contributed by atoms with E-state index in [2.05, 4.69) is 0 Å². The normalized spacial score (nSPS) is 8.78. The van der Waals surface area contributed by atoms with Crippen molar-refractivity contribution in [3.05, 3.63) is 64.1 Å². The third-order valence-electron chi connectivity index (χ3n) is 2.35. The first-order chi connectivity index (χ1) is 8.26. The molecule has 1 aromatic heterocycles. The number of hydrogen-bond acceptors (Lipinski definition) is 3. The Kier molecular flexibility index (Phi) is 3.98. The van der Waals surface area contributed by atoms with E-state index < -0.39 is 0 Å². The number of hydrogen-bond donors (Lipinski definition) is 0. The molecular weight excluding hydrogens is 230 g/mol. The largest absolute Gasteiger partial charge is 0.412 e. The van der Waals surface area contributed by atoms with E-state index in [1.54, 1.807) is 35.2 Å². The van der Waals surface area contributed by atoms with Gasteiger partial charge in [-0.15, -0.1) is 0 Å². The maximum absolute atomic E-state index is 11.0. The van der Waals surface area contributed by atoms with E-state index in [-0.39, 0.29) is 10.9 Å². The zero-order valence-corrected chi connectivity index (χ0v) is 9.29. The Balaban J connectivity index is 0.00000162. The maximum Gasteiger partial charge on any atom is 0.181 e. The van der Waals surface area contributed by atoms with Crippen molar-refractivity contribution in [2.24, 2.45) is 0 Å². The van der Waals surface area contributed by atoms with Crippen molar-refractivity contribution in [2.45, 2.75) is 0 Å². The van der Waals surface area contributed by atoms with Crippen LogP contribution in [-0.4, -0.2) is 10.0 Å². The third kappa shape index (κ3) is 2.27. The molecule has 1 aromatic carbocycles. The summed E-state index contributed by atoms with van der Waals surface area (Å²) < 4.78 is 1.64. The first-order valence-electron chi connectivity index (χ1n) is 4.88. The van der Waals surface area contributed by atoms with Crippen molar-refractivity contribution in [1.82, 2.24) is 4.57 Å². The van der Waals surface area contributed by atoms with E-state index in [0.717, 1.165) is 0 Å². The Morgan fingerprint density at radius 2 is 1.67 bits per heavy atom. The standard InChI is InChI=1S/C13H7N3O.H2O/c14-8-10-2-1-3-13(12(10)9-15)16-6-4-11(17)5-7-16;/h1-7H;1H2. The molecule has 5 heteroatoms. The number of rotatable bonds is 1. The first kappa shape index (κ1) is 13.2. The maximum atomic E-state index is 11.0. The lowest BCUT2D eigenvalue weighted by Gasteiger charge is -2.08. The molecule has 0 amide bonds. The van der Waals surface area contributed by atoms with Gasteiger partial charge in [-0.25, -0.2) is 0 Å². The van der Waals surface area contributed by atoms with E-state index in [9.17, 15) is 4.79 Å². The van der Waals surface area contributed by atoms with Gasteiger partial charge in [0.2, 0.25) is 0 Å². The molecule has 0 spiro atoms. The minimum absolute atomic E-state index is 0. The molecule has 2 aromatic rings. The highest BCUT2D eigenvalue weighted by atomic mass is 16.1. The number of nitrogens with zero attached hydrogens (tertiary/aromatic N) is 3. The fourth-order valence-corrected chi connectivity index (χ4v) is 1.54. The van der Waals surface area contributed by atoms with Crippen LogP contribution in [0, 0.1) is 22.7 Å². The fourth-order valence-electron chi connectivity index (χ4n) is 1.54. The van der Waals surface area contributed by atoms with Crippen LogP contribution in [0.15, 0.2) is 47.5 Å². The lowest BCUT2D eigenvalue weighted by atomic mass is 10.1. The van der Waals surface area contributed by atoms with Gasteiger partial charge in [-0.3, -0.25) is 4.79 Å². The predicted molar refractivity (Wildman–Crippen MR) is 65.1 cm³/mol. The second kappa shape index (κ2) is 5.44. The molecule has 0 aliphatic heterocycles. The zero-order valence-electron chi connectivity index (χ0n) is 9.29. The summed E-state index contributed by atoms with van der Waals surface area (Å²) in [4.78, 5) is 11.0. The van der Waals surface area contributed by atoms with Crippen molar-refractivity contribution >= 4 is 0 Å². The Bertz CT molecular complexity index is 685. The molecule has 0 atom stereocenters. The van der Waals surface area contributed by atoms with Crippen molar-refractivity contribution in [3.8, 4) is 17.8 Å². The Hall–Kier alpha value is -2.89. The van der Waals surface area contributed by atoms with Gasteiger partial charge in [0.1, 0.15) is 12.1 Å².